The lowest BCUT2D eigenvalue weighted by atomic mass is 10.2. The Kier molecular flexibility index (Phi) is 7.12. The molecule has 1 aliphatic heterocycles. The lowest BCUT2D eigenvalue weighted by Gasteiger charge is -2.07. The Balaban J connectivity index is 0.00000200. The van der Waals surface area contributed by atoms with Crippen molar-refractivity contribution >= 4 is 34.2 Å². The van der Waals surface area contributed by atoms with Crippen LogP contribution >= 0.6 is 28.3 Å². The predicted octanol–water partition coefficient (Wildman–Crippen LogP) is 2.33. The Morgan fingerprint density at radius 1 is 1.30 bits per heavy atom. The lowest BCUT2D eigenvalue weighted by Crippen LogP contribution is -2.32. The number of hydrogen-bond acceptors (Lipinski definition) is 4. The van der Waals surface area contributed by atoms with Crippen molar-refractivity contribution in [2.45, 2.75) is 13.3 Å². The maximum atomic E-state index is 12.0. The van der Waals surface area contributed by atoms with Gasteiger partial charge in [-0.05, 0) is 41.0 Å². The molecule has 112 valence electrons. The van der Waals surface area contributed by atoms with E-state index in [9.17, 15) is 4.79 Å². The second kappa shape index (κ2) is 8.34. The predicted molar refractivity (Wildman–Crippen MR) is 83.0 cm³/mol. The van der Waals surface area contributed by atoms with Crippen LogP contribution in [0.3, 0.4) is 0 Å². The van der Waals surface area contributed by atoms with Gasteiger partial charge in [-0.2, -0.15) is 0 Å². The molecule has 0 saturated heterocycles. The standard InChI is InChI=1S/C13H17BrN2O3.ClH/c1-2-3-15-4-5-16-13(17)9-6-10(14)12-11(7-9)18-8-19-12;/h6-7,15H,2-5,8H2,1H3,(H,16,17);1H. The quantitative estimate of drug-likeness (QED) is 0.760. The Hall–Kier alpha value is -0.980. The number of benzene rings is 1. The molecule has 1 aromatic rings. The minimum Gasteiger partial charge on any atom is -0.454 e. The second-order valence-electron chi connectivity index (χ2n) is 4.20. The van der Waals surface area contributed by atoms with Crippen LogP contribution in [0.1, 0.15) is 23.7 Å². The summed E-state index contributed by atoms with van der Waals surface area (Å²) in [5.41, 5.74) is 0.562. The van der Waals surface area contributed by atoms with E-state index in [2.05, 4.69) is 33.5 Å². The largest absolute Gasteiger partial charge is 0.454 e. The molecule has 0 aliphatic carbocycles. The minimum atomic E-state index is -0.114. The molecule has 2 rings (SSSR count). The van der Waals surface area contributed by atoms with Crippen LogP contribution in [0, 0.1) is 0 Å². The van der Waals surface area contributed by atoms with Gasteiger partial charge in [-0.1, -0.05) is 6.92 Å². The van der Waals surface area contributed by atoms with Gasteiger partial charge in [0.25, 0.3) is 5.91 Å². The Labute approximate surface area is 132 Å². The average Bonchev–Trinajstić information content (AvgIpc) is 2.87. The van der Waals surface area contributed by atoms with Crippen LogP contribution in [-0.2, 0) is 0 Å². The summed E-state index contributed by atoms with van der Waals surface area (Å²) in [6.45, 7) is 4.64. The summed E-state index contributed by atoms with van der Waals surface area (Å²) in [5, 5.41) is 6.08. The fraction of sp³-hybridized carbons (Fsp3) is 0.462. The molecule has 0 atom stereocenters. The topological polar surface area (TPSA) is 59.6 Å². The number of ether oxygens (including phenoxy) is 2. The first kappa shape index (κ1) is 17.1. The zero-order valence-electron chi connectivity index (χ0n) is 11.2. The van der Waals surface area contributed by atoms with Gasteiger partial charge in [0, 0.05) is 18.7 Å². The number of fused-ring (bicyclic) bond motifs is 1. The number of halogens is 2. The molecule has 0 radical (unpaired) electrons. The molecule has 1 aliphatic rings. The highest BCUT2D eigenvalue weighted by atomic mass is 79.9. The van der Waals surface area contributed by atoms with Crippen molar-refractivity contribution in [2.24, 2.45) is 0 Å². The number of hydrogen-bond donors (Lipinski definition) is 2. The van der Waals surface area contributed by atoms with E-state index in [0.29, 0.717) is 23.6 Å². The van der Waals surface area contributed by atoms with Crippen molar-refractivity contribution in [3.8, 4) is 11.5 Å². The molecular weight excluding hydrogens is 348 g/mol. The first-order valence-electron chi connectivity index (χ1n) is 6.30. The Morgan fingerprint density at radius 2 is 2.10 bits per heavy atom. The summed E-state index contributed by atoms with van der Waals surface area (Å²) in [4.78, 5) is 12.0. The van der Waals surface area contributed by atoms with E-state index >= 15 is 0 Å². The molecule has 1 heterocycles. The van der Waals surface area contributed by atoms with Crippen LogP contribution in [0.5, 0.6) is 11.5 Å². The third-order valence-electron chi connectivity index (χ3n) is 2.70. The molecule has 0 bridgehead atoms. The number of rotatable bonds is 6. The van der Waals surface area contributed by atoms with Gasteiger partial charge in [0.1, 0.15) is 0 Å². The maximum absolute atomic E-state index is 12.0. The molecule has 5 nitrogen and oxygen atoms in total. The van der Waals surface area contributed by atoms with E-state index < -0.39 is 0 Å². The molecule has 0 fully saturated rings. The SMILES string of the molecule is CCCNCCNC(=O)c1cc(Br)c2c(c1)OCO2.Cl. The van der Waals surface area contributed by atoms with Crippen molar-refractivity contribution in [1.29, 1.82) is 0 Å². The molecule has 1 amide bonds. The third-order valence-corrected chi connectivity index (χ3v) is 3.29. The minimum absolute atomic E-state index is 0. The molecule has 7 heteroatoms. The summed E-state index contributed by atoms with van der Waals surface area (Å²) >= 11 is 3.37. The normalized spacial score (nSPS) is 11.9. The van der Waals surface area contributed by atoms with Crippen molar-refractivity contribution in [2.75, 3.05) is 26.4 Å². The van der Waals surface area contributed by atoms with E-state index in [1.54, 1.807) is 12.1 Å². The van der Waals surface area contributed by atoms with Crippen LogP contribution in [0.25, 0.3) is 0 Å². The van der Waals surface area contributed by atoms with E-state index in [1.807, 2.05) is 0 Å². The fourth-order valence-electron chi connectivity index (χ4n) is 1.77. The third kappa shape index (κ3) is 4.26. The molecule has 0 spiro atoms. The van der Waals surface area contributed by atoms with Crippen LogP contribution in [0.4, 0.5) is 0 Å². The van der Waals surface area contributed by atoms with Crippen molar-refractivity contribution in [3.05, 3.63) is 22.2 Å². The van der Waals surface area contributed by atoms with Crippen LogP contribution in [0.15, 0.2) is 16.6 Å². The van der Waals surface area contributed by atoms with Crippen molar-refractivity contribution in [3.63, 3.8) is 0 Å². The summed E-state index contributed by atoms with van der Waals surface area (Å²) in [6, 6.07) is 3.43. The number of amides is 1. The average molecular weight is 366 g/mol. The highest BCUT2D eigenvalue weighted by Gasteiger charge is 2.20. The number of carbonyl (C=O) groups is 1. The van der Waals surface area contributed by atoms with Crippen molar-refractivity contribution < 1.29 is 14.3 Å². The molecule has 0 aromatic heterocycles. The first-order chi connectivity index (χ1) is 9.22. The zero-order valence-corrected chi connectivity index (χ0v) is 13.6. The molecule has 0 saturated carbocycles. The van der Waals surface area contributed by atoms with Gasteiger partial charge >= 0.3 is 0 Å². The zero-order chi connectivity index (χ0) is 13.7. The number of carbonyl (C=O) groups excluding carboxylic acids is 1. The molecule has 1 aromatic carbocycles. The Bertz CT molecular complexity index is 471. The maximum Gasteiger partial charge on any atom is 0.251 e. The summed E-state index contributed by atoms with van der Waals surface area (Å²) in [7, 11) is 0. The molecule has 2 N–H and O–H groups in total. The van der Waals surface area contributed by atoms with Gasteiger partial charge in [0.15, 0.2) is 11.5 Å². The van der Waals surface area contributed by atoms with Crippen LogP contribution in [0.2, 0.25) is 0 Å². The summed E-state index contributed by atoms with van der Waals surface area (Å²) in [5.74, 6) is 1.14. The molecule has 20 heavy (non-hydrogen) atoms. The van der Waals surface area contributed by atoms with E-state index in [4.69, 9.17) is 9.47 Å². The first-order valence-corrected chi connectivity index (χ1v) is 7.09. The van der Waals surface area contributed by atoms with Crippen LogP contribution in [-0.4, -0.2) is 32.3 Å². The van der Waals surface area contributed by atoms with Gasteiger partial charge in [0.2, 0.25) is 6.79 Å². The van der Waals surface area contributed by atoms with Crippen molar-refractivity contribution in [1.82, 2.24) is 10.6 Å². The fourth-order valence-corrected chi connectivity index (χ4v) is 2.32. The van der Waals surface area contributed by atoms with Gasteiger partial charge < -0.3 is 20.1 Å². The lowest BCUT2D eigenvalue weighted by molar-refractivity contribution is 0.0953. The van der Waals surface area contributed by atoms with E-state index in [1.165, 1.54) is 0 Å². The smallest absolute Gasteiger partial charge is 0.251 e. The molecule has 0 unspecified atom stereocenters. The number of nitrogens with one attached hydrogen (secondary N) is 2. The molecular formula is C13H18BrClN2O3. The van der Waals surface area contributed by atoms with Gasteiger partial charge in [0.05, 0.1) is 4.47 Å². The monoisotopic (exact) mass is 364 g/mol. The summed E-state index contributed by atoms with van der Waals surface area (Å²) < 4.78 is 11.3. The second-order valence-corrected chi connectivity index (χ2v) is 5.05. The highest BCUT2D eigenvalue weighted by molar-refractivity contribution is 9.10. The van der Waals surface area contributed by atoms with Gasteiger partial charge in [-0.25, -0.2) is 0 Å². The highest BCUT2D eigenvalue weighted by Crippen LogP contribution is 2.39. The van der Waals surface area contributed by atoms with Crippen LogP contribution < -0.4 is 20.1 Å². The van der Waals surface area contributed by atoms with E-state index in [-0.39, 0.29) is 25.1 Å². The van der Waals surface area contributed by atoms with E-state index in [0.717, 1.165) is 24.0 Å². The summed E-state index contributed by atoms with van der Waals surface area (Å²) in [6.07, 6.45) is 1.09. The van der Waals surface area contributed by atoms with Gasteiger partial charge in [-0.15, -0.1) is 12.4 Å². The Morgan fingerprint density at radius 3 is 2.85 bits per heavy atom. The van der Waals surface area contributed by atoms with Gasteiger partial charge in [-0.3, -0.25) is 4.79 Å².